The minimum atomic E-state index is -3.50. The Morgan fingerprint density at radius 3 is 2.32 bits per heavy atom. The highest BCUT2D eigenvalue weighted by Gasteiger charge is 2.27. The Balaban J connectivity index is 2.57. The summed E-state index contributed by atoms with van der Waals surface area (Å²) in [6.07, 6.45) is 5.52. The van der Waals surface area contributed by atoms with Crippen molar-refractivity contribution in [1.29, 1.82) is 0 Å². The summed E-state index contributed by atoms with van der Waals surface area (Å²) in [6.45, 7) is 3.76. The molecule has 6 heteroatoms. The second-order valence-corrected chi connectivity index (χ2v) is 7.72. The van der Waals surface area contributed by atoms with Crippen molar-refractivity contribution < 1.29 is 18.3 Å². The van der Waals surface area contributed by atoms with Gasteiger partial charge in [0.15, 0.2) is 0 Å². The van der Waals surface area contributed by atoms with Gasteiger partial charge in [-0.05, 0) is 31.1 Å². The second-order valence-electron chi connectivity index (χ2n) is 5.92. The van der Waals surface area contributed by atoms with Gasteiger partial charge in [-0.1, -0.05) is 33.1 Å². The number of hydrogen-bond donors (Lipinski definition) is 2. The standard InChI is InChI=1S/C13H25NO4S/c1-10(2)8-12(13(15)16)14-19(17,18)9-11-6-4-3-5-7-11/h10-12,14H,3-9H2,1-2H3,(H,15,16)/t12-/m0/s1. The summed E-state index contributed by atoms with van der Waals surface area (Å²) in [6, 6.07) is -1.01. The van der Waals surface area contributed by atoms with Crippen molar-refractivity contribution in [3.05, 3.63) is 0 Å². The number of carboxylic acids is 1. The van der Waals surface area contributed by atoms with Crippen molar-refractivity contribution >= 4 is 16.0 Å². The van der Waals surface area contributed by atoms with E-state index < -0.39 is 22.0 Å². The van der Waals surface area contributed by atoms with Gasteiger partial charge in [-0.2, -0.15) is 0 Å². The van der Waals surface area contributed by atoms with Crippen LogP contribution in [0.25, 0.3) is 0 Å². The molecular formula is C13H25NO4S. The summed E-state index contributed by atoms with van der Waals surface area (Å²) in [7, 11) is -3.50. The maximum absolute atomic E-state index is 12.0. The Morgan fingerprint density at radius 1 is 1.26 bits per heavy atom. The van der Waals surface area contributed by atoms with Gasteiger partial charge in [0.05, 0.1) is 5.75 Å². The maximum Gasteiger partial charge on any atom is 0.321 e. The van der Waals surface area contributed by atoms with E-state index in [-0.39, 0.29) is 17.6 Å². The number of sulfonamides is 1. The predicted octanol–water partition coefficient (Wildman–Crippen LogP) is 1.99. The third kappa shape index (κ3) is 6.38. The molecule has 0 amide bonds. The van der Waals surface area contributed by atoms with E-state index in [9.17, 15) is 13.2 Å². The summed E-state index contributed by atoms with van der Waals surface area (Å²) >= 11 is 0. The van der Waals surface area contributed by atoms with E-state index in [0.717, 1.165) is 25.7 Å². The summed E-state index contributed by atoms with van der Waals surface area (Å²) in [4.78, 5) is 11.1. The van der Waals surface area contributed by atoms with Gasteiger partial charge in [0.1, 0.15) is 6.04 Å². The highest BCUT2D eigenvalue weighted by atomic mass is 32.2. The van der Waals surface area contributed by atoms with E-state index in [1.807, 2.05) is 13.8 Å². The Kier molecular flexibility index (Phi) is 6.26. The summed E-state index contributed by atoms with van der Waals surface area (Å²) in [5, 5.41) is 9.06. The van der Waals surface area contributed by atoms with Crippen molar-refractivity contribution in [2.24, 2.45) is 11.8 Å². The molecule has 0 aromatic carbocycles. The van der Waals surface area contributed by atoms with Crippen molar-refractivity contribution in [3.8, 4) is 0 Å². The fraction of sp³-hybridized carbons (Fsp3) is 0.923. The predicted molar refractivity (Wildman–Crippen MR) is 74.4 cm³/mol. The van der Waals surface area contributed by atoms with Crippen molar-refractivity contribution in [1.82, 2.24) is 4.72 Å². The molecule has 0 radical (unpaired) electrons. The second kappa shape index (κ2) is 7.24. The topological polar surface area (TPSA) is 83.5 Å². The molecule has 1 saturated carbocycles. The van der Waals surface area contributed by atoms with E-state index >= 15 is 0 Å². The van der Waals surface area contributed by atoms with Crippen LogP contribution in [0.2, 0.25) is 0 Å². The molecule has 112 valence electrons. The number of carboxylic acid groups (broad SMARTS) is 1. The van der Waals surface area contributed by atoms with E-state index in [1.54, 1.807) is 0 Å². The van der Waals surface area contributed by atoms with E-state index in [4.69, 9.17) is 5.11 Å². The van der Waals surface area contributed by atoms with Crippen LogP contribution in [0.15, 0.2) is 0 Å². The molecule has 0 aromatic rings. The number of rotatable bonds is 7. The third-order valence-electron chi connectivity index (χ3n) is 3.51. The van der Waals surface area contributed by atoms with Crippen LogP contribution in [0.5, 0.6) is 0 Å². The first-order valence-corrected chi connectivity index (χ1v) is 8.68. The van der Waals surface area contributed by atoms with Gasteiger partial charge in [-0.15, -0.1) is 0 Å². The van der Waals surface area contributed by atoms with Crippen LogP contribution in [0, 0.1) is 11.8 Å². The molecule has 2 N–H and O–H groups in total. The zero-order valence-corrected chi connectivity index (χ0v) is 12.6. The minimum Gasteiger partial charge on any atom is -0.480 e. The maximum atomic E-state index is 12.0. The number of aliphatic carboxylic acids is 1. The van der Waals surface area contributed by atoms with Crippen LogP contribution in [-0.2, 0) is 14.8 Å². The molecule has 19 heavy (non-hydrogen) atoms. The molecule has 1 rings (SSSR count). The largest absolute Gasteiger partial charge is 0.480 e. The first kappa shape index (κ1) is 16.4. The fourth-order valence-corrected chi connectivity index (χ4v) is 4.28. The highest BCUT2D eigenvalue weighted by Crippen LogP contribution is 2.24. The molecule has 0 bridgehead atoms. The quantitative estimate of drug-likeness (QED) is 0.751. The molecule has 0 unspecified atom stereocenters. The Bertz CT molecular complexity index is 385. The van der Waals surface area contributed by atoms with Crippen molar-refractivity contribution in [3.63, 3.8) is 0 Å². The summed E-state index contributed by atoms with van der Waals surface area (Å²) in [5.41, 5.74) is 0. The average Bonchev–Trinajstić information content (AvgIpc) is 2.27. The molecule has 1 aliphatic carbocycles. The van der Waals surface area contributed by atoms with Gasteiger partial charge in [0, 0.05) is 0 Å². The van der Waals surface area contributed by atoms with E-state index in [1.165, 1.54) is 6.42 Å². The fourth-order valence-electron chi connectivity index (χ4n) is 2.60. The lowest BCUT2D eigenvalue weighted by atomic mass is 9.91. The third-order valence-corrected chi connectivity index (χ3v) is 5.06. The van der Waals surface area contributed by atoms with Gasteiger partial charge in [0.2, 0.25) is 10.0 Å². The first-order valence-electron chi connectivity index (χ1n) is 7.03. The molecule has 0 heterocycles. The lowest BCUT2D eigenvalue weighted by molar-refractivity contribution is -0.139. The van der Waals surface area contributed by atoms with Crippen molar-refractivity contribution in [2.75, 3.05) is 5.75 Å². The van der Waals surface area contributed by atoms with Gasteiger partial charge >= 0.3 is 5.97 Å². The SMILES string of the molecule is CC(C)C[C@H](NS(=O)(=O)CC1CCCCC1)C(=O)O. The van der Waals surface area contributed by atoms with Crippen LogP contribution in [0.1, 0.15) is 52.4 Å². The lowest BCUT2D eigenvalue weighted by Crippen LogP contribution is -2.43. The lowest BCUT2D eigenvalue weighted by Gasteiger charge is -2.23. The number of hydrogen-bond acceptors (Lipinski definition) is 3. The monoisotopic (exact) mass is 291 g/mol. The molecule has 0 aromatic heterocycles. The van der Waals surface area contributed by atoms with Crippen LogP contribution in [0.4, 0.5) is 0 Å². The molecular weight excluding hydrogens is 266 g/mol. The van der Waals surface area contributed by atoms with Crippen LogP contribution >= 0.6 is 0 Å². The van der Waals surface area contributed by atoms with Gasteiger partial charge in [-0.3, -0.25) is 4.79 Å². The zero-order valence-electron chi connectivity index (χ0n) is 11.8. The first-order chi connectivity index (χ1) is 8.80. The Hall–Kier alpha value is -0.620. The molecule has 0 spiro atoms. The molecule has 1 atom stereocenters. The Morgan fingerprint density at radius 2 is 1.84 bits per heavy atom. The van der Waals surface area contributed by atoms with Gasteiger partial charge < -0.3 is 5.11 Å². The highest BCUT2D eigenvalue weighted by molar-refractivity contribution is 7.89. The van der Waals surface area contributed by atoms with Gasteiger partial charge in [0.25, 0.3) is 0 Å². The van der Waals surface area contributed by atoms with E-state index in [2.05, 4.69) is 4.72 Å². The molecule has 0 aliphatic heterocycles. The molecule has 0 saturated heterocycles. The van der Waals surface area contributed by atoms with Gasteiger partial charge in [-0.25, -0.2) is 13.1 Å². The normalized spacial score (nSPS) is 19.5. The average molecular weight is 291 g/mol. The minimum absolute atomic E-state index is 0.0644. The number of nitrogens with one attached hydrogen (secondary N) is 1. The van der Waals surface area contributed by atoms with Crippen molar-refractivity contribution in [2.45, 2.75) is 58.4 Å². The summed E-state index contributed by atoms with van der Waals surface area (Å²) < 4.78 is 26.4. The number of carbonyl (C=O) groups is 1. The molecule has 1 aliphatic rings. The van der Waals surface area contributed by atoms with Crippen LogP contribution in [0.3, 0.4) is 0 Å². The molecule has 1 fully saturated rings. The smallest absolute Gasteiger partial charge is 0.321 e. The Labute approximate surface area is 115 Å². The molecule has 5 nitrogen and oxygen atoms in total. The van der Waals surface area contributed by atoms with Crippen LogP contribution < -0.4 is 4.72 Å². The summed E-state index contributed by atoms with van der Waals surface area (Å²) in [5.74, 6) is -0.714. The van der Waals surface area contributed by atoms with Crippen LogP contribution in [-0.4, -0.2) is 31.3 Å². The van der Waals surface area contributed by atoms with E-state index in [0.29, 0.717) is 6.42 Å². The zero-order chi connectivity index (χ0) is 14.5.